The molecule has 10 heteroatoms. The van der Waals surface area contributed by atoms with Crippen molar-refractivity contribution in [3.8, 4) is 17.2 Å². The van der Waals surface area contributed by atoms with Gasteiger partial charge in [-0.3, -0.25) is 9.59 Å². The van der Waals surface area contributed by atoms with Crippen LogP contribution in [0.4, 0.5) is 10.1 Å². The van der Waals surface area contributed by atoms with Crippen molar-refractivity contribution in [3.05, 3.63) is 71.3 Å². The first-order valence-electron chi connectivity index (χ1n) is 9.92. The molecular formula is C23H20FN3O6. The summed E-state index contributed by atoms with van der Waals surface area (Å²) in [5, 5.41) is 12.4. The average molecular weight is 453 g/mol. The van der Waals surface area contributed by atoms with E-state index >= 15 is 0 Å². The van der Waals surface area contributed by atoms with Gasteiger partial charge in [-0.25, -0.2) is 9.18 Å². The first kappa shape index (κ1) is 21.9. The van der Waals surface area contributed by atoms with Crippen LogP contribution in [-0.2, 0) is 9.59 Å². The number of nitrogens with one attached hydrogen (secondary N) is 1. The quantitative estimate of drug-likeness (QED) is 0.504. The highest BCUT2D eigenvalue weighted by Crippen LogP contribution is 2.43. The number of nitrogens with zero attached hydrogens (tertiary/aromatic N) is 1. The minimum Gasteiger partial charge on any atom is -0.493 e. The van der Waals surface area contributed by atoms with Crippen LogP contribution in [0.25, 0.3) is 5.69 Å². The molecule has 0 aliphatic carbocycles. The molecule has 0 fully saturated rings. The molecule has 0 saturated carbocycles. The fraction of sp³-hybridized carbons (Fsp3) is 0.174. The molecule has 1 atom stereocenters. The fourth-order valence-electron chi connectivity index (χ4n) is 3.89. The van der Waals surface area contributed by atoms with Gasteiger partial charge in [-0.2, -0.15) is 0 Å². The van der Waals surface area contributed by atoms with Crippen molar-refractivity contribution in [2.24, 2.45) is 5.73 Å². The number of hydrogen-bond donors (Lipinski definition) is 3. The summed E-state index contributed by atoms with van der Waals surface area (Å²) >= 11 is 0. The van der Waals surface area contributed by atoms with Crippen LogP contribution >= 0.6 is 0 Å². The molecule has 33 heavy (non-hydrogen) atoms. The van der Waals surface area contributed by atoms with Gasteiger partial charge in [0.2, 0.25) is 5.91 Å². The molecule has 2 heterocycles. The zero-order chi connectivity index (χ0) is 23.7. The molecule has 1 aliphatic heterocycles. The van der Waals surface area contributed by atoms with Gasteiger partial charge in [0, 0.05) is 24.2 Å². The number of carboxylic acids is 1. The number of ether oxygens (including phenoxy) is 2. The summed E-state index contributed by atoms with van der Waals surface area (Å²) in [4.78, 5) is 35.6. The number of carbonyl (C=O) groups excluding carboxylic acids is 2. The molecule has 0 saturated heterocycles. The Morgan fingerprint density at radius 2 is 1.94 bits per heavy atom. The molecule has 4 N–H and O–H groups in total. The number of rotatable bonds is 7. The number of benzene rings is 2. The van der Waals surface area contributed by atoms with E-state index < -0.39 is 23.6 Å². The van der Waals surface area contributed by atoms with Crippen LogP contribution in [0.1, 0.15) is 34.0 Å². The van der Waals surface area contributed by atoms with Gasteiger partial charge in [-0.1, -0.05) is 6.07 Å². The first-order valence-corrected chi connectivity index (χ1v) is 9.92. The number of amides is 2. The van der Waals surface area contributed by atoms with Gasteiger partial charge in [0.05, 0.1) is 18.5 Å². The number of nitrogens with two attached hydrogens (primary N) is 1. The Labute approximate surface area is 187 Å². The highest BCUT2D eigenvalue weighted by atomic mass is 19.1. The maximum Gasteiger partial charge on any atom is 0.339 e. The first-order chi connectivity index (χ1) is 15.8. The summed E-state index contributed by atoms with van der Waals surface area (Å²) in [5.74, 6) is -2.63. The molecule has 0 radical (unpaired) electrons. The number of halogens is 1. The maximum absolute atomic E-state index is 13.5. The number of fused-ring (bicyclic) bond motifs is 1. The SMILES string of the molecule is COc1ccc(C2CC(=O)Nc3c(C(=O)O)cn(-c4ccc(F)cc4)c32)cc1OCC(N)=O. The number of aromatic carboxylic acids is 1. The number of methoxy groups -OCH3 is 1. The van der Waals surface area contributed by atoms with Gasteiger partial charge in [0.15, 0.2) is 18.1 Å². The predicted molar refractivity (Wildman–Crippen MR) is 115 cm³/mol. The molecule has 9 nitrogen and oxygen atoms in total. The van der Waals surface area contributed by atoms with Gasteiger partial charge in [0.1, 0.15) is 11.4 Å². The lowest BCUT2D eigenvalue weighted by atomic mass is 9.88. The van der Waals surface area contributed by atoms with Crippen molar-refractivity contribution in [2.75, 3.05) is 19.0 Å². The minimum absolute atomic E-state index is 0.0266. The number of carbonyl (C=O) groups is 3. The van der Waals surface area contributed by atoms with Gasteiger partial charge < -0.3 is 30.2 Å². The van der Waals surface area contributed by atoms with Crippen LogP contribution in [-0.4, -0.2) is 41.2 Å². The van der Waals surface area contributed by atoms with E-state index in [-0.39, 0.29) is 35.9 Å². The lowest BCUT2D eigenvalue weighted by molar-refractivity contribution is -0.120. The predicted octanol–water partition coefficient (Wildman–Crippen LogP) is 2.66. The number of anilines is 1. The van der Waals surface area contributed by atoms with Crippen LogP contribution in [0.2, 0.25) is 0 Å². The topological polar surface area (TPSA) is 133 Å². The number of hydrogen-bond acceptors (Lipinski definition) is 5. The van der Waals surface area contributed by atoms with Crippen LogP contribution in [0.3, 0.4) is 0 Å². The molecule has 4 rings (SSSR count). The Kier molecular flexibility index (Phi) is 5.74. The lowest BCUT2D eigenvalue weighted by Crippen LogP contribution is -2.25. The lowest BCUT2D eigenvalue weighted by Gasteiger charge is -2.27. The van der Waals surface area contributed by atoms with Crippen LogP contribution in [0, 0.1) is 5.82 Å². The molecule has 1 aromatic heterocycles. The van der Waals surface area contributed by atoms with E-state index in [1.807, 2.05) is 0 Å². The van der Waals surface area contributed by atoms with Crippen LogP contribution in [0.5, 0.6) is 11.5 Å². The van der Waals surface area contributed by atoms with Crippen molar-refractivity contribution >= 4 is 23.5 Å². The normalized spacial score (nSPS) is 14.8. The van der Waals surface area contributed by atoms with Gasteiger partial charge in [-0.15, -0.1) is 0 Å². The standard InChI is InChI=1S/C23H20FN3O6/c1-32-17-7-2-12(8-18(17)33-11-19(25)28)15-9-20(29)26-21-16(23(30)31)10-27(22(15)21)14-5-3-13(24)4-6-14/h2-8,10,15H,9,11H2,1H3,(H2,25,28)(H,26,29)(H,30,31). The van der Waals surface area contributed by atoms with E-state index in [2.05, 4.69) is 5.32 Å². The summed E-state index contributed by atoms with van der Waals surface area (Å²) in [7, 11) is 1.44. The second kappa shape index (κ2) is 8.65. The van der Waals surface area contributed by atoms with Crippen molar-refractivity contribution < 1.29 is 33.4 Å². The maximum atomic E-state index is 13.5. The Balaban J connectivity index is 1.88. The molecular weight excluding hydrogens is 433 g/mol. The Morgan fingerprint density at radius 1 is 1.21 bits per heavy atom. The van der Waals surface area contributed by atoms with E-state index in [0.29, 0.717) is 22.7 Å². The molecule has 1 unspecified atom stereocenters. The second-order valence-electron chi connectivity index (χ2n) is 7.42. The molecule has 170 valence electrons. The summed E-state index contributed by atoms with van der Waals surface area (Å²) < 4.78 is 25.9. The third-order valence-corrected chi connectivity index (χ3v) is 5.32. The largest absolute Gasteiger partial charge is 0.493 e. The summed E-state index contributed by atoms with van der Waals surface area (Å²) in [5.41, 5.74) is 6.93. The molecule has 1 aliphatic rings. The summed E-state index contributed by atoms with van der Waals surface area (Å²) in [6, 6.07) is 10.5. The monoisotopic (exact) mass is 453 g/mol. The summed E-state index contributed by atoms with van der Waals surface area (Å²) in [6.45, 7) is -0.370. The highest BCUT2D eigenvalue weighted by molar-refractivity contribution is 6.04. The van der Waals surface area contributed by atoms with Crippen molar-refractivity contribution in [1.29, 1.82) is 0 Å². The zero-order valence-corrected chi connectivity index (χ0v) is 17.5. The zero-order valence-electron chi connectivity index (χ0n) is 17.5. The molecule has 2 aromatic carbocycles. The Hall–Kier alpha value is -4.34. The van der Waals surface area contributed by atoms with Crippen molar-refractivity contribution in [3.63, 3.8) is 0 Å². The van der Waals surface area contributed by atoms with E-state index in [1.54, 1.807) is 22.8 Å². The second-order valence-corrected chi connectivity index (χ2v) is 7.42. The van der Waals surface area contributed by atoms with Crippen LogP contribution in [0.15, 0.2) is 48.7 Å². The number of carboxylic acid groups (broad SMARTS) is 1. The van der Waals surface area contributed by atoms with Gasteiger partial charge >= 0.3 is 5.97 Å². The number of aromatic nitrogens is 1. The summed E-state index contributed by atoms with van der Waals surface area (Å²) in [6.07, 6.45) is 1.42. The third kappa shape index (κ3) is 4.22. The van der Waals surface area contributed by atoms with Gasteiger partial charge in [0.25, 0.3) is 5.91 Å². The smallest absolute Gasteiger partial charge is 0.339 e. The van der Waals surface area contributed by atoms with E-state index in [4.69, 9.17) is 15.2 Å². The molecule has 2 amide bonds. The average Bonchev–Trinajstić information content (AvgIpc) is 3.17. The molecule has 3 aromatic rings. The van der Waals surface area contributed by atoms with Gasteiger partial charge in [-0.05, 0) is 42.0 Å². The number of primary amides is 1. The third-order valence-electron chi connectivity index (χ3n) is 5.32. The van der Waals surface area contributed by atoms with E-state index in [9.17, 15) is 23.9 Å². The van der Waals surface area contributed by atoms with Crippen LogP contribution < -0.4 is 20.5 Å². The van der Waals surface area contributed by atoms with Crippen molar-refractivity contribution in [1.82, 2.24) is 4.57 Å². The van der Waals surface area contributed by atoms with E-state index in [1.165, 1.54) is 37.6 Å². The highest BCUT2D eigenvalue weighted by Gasteiger charge is 2.35. The molecule has 0 spiro atoms. The van der Waals surface area contributed by atoms with E-state index in [0.717, 1.165) is 0 Å². The Bertz CT molecular complexity index is 1250. The molecule has 0 bridgehead atoms. The fourth-order valence-corrected chi connectivity index (χ4v) is 3.89. The van der Waals surface area contributed by atoms with Crippen molar-refractivity contribution in [2.45, 2.75) is 12.3 Å². The Morgan fingerprint density at radius 3 is 2.58 bits per heavy atom. The minimum atomic E-state index is -1.21.